The van der Waals surface area contributed by atoms with Crippen molar-refractivity contribution in [1.29, 1.82) is 0 Å². The number of likely N-dealkylation sites (tertiary alicyclic amines) is 1. The lowest BCUT2D eigenvalue weighted by molar-refractivity contribution is 0.113. The Labute approximate surface area is 136 Å². The summed E-state index contributed by atoms with van der Waals surface area (Å²) in [5.74, 6) is 0. The number of hydrogen-bond acceptors (Lipinski definition) is 4. The van der Waals surface area contributed by atoms with E-state index in [1.54, 1.807) is 6.07 Å². The molecule has 4 nitrogen and oxygen atoms in total. The third kappa shape index (κ3) is 3.48. The zero-order valence-electron chi connectivity index (χ0n) is 14.0. The summed E-state index contributed by atoms with van der Waals surface area (Å²) in [5.41, 5.74) is 3.69. The van der Waals surface area contributed by atoms with Crippen molar-refractivity contribution in [1.82, 2.24) is 4.90 Å². The molecule has 2 heterocycles. The molecule has 4 heteroatoms. The number of fused-ring (bicyclic) bond motifs is 1. The van der Waals surface area contributed by atoms with Crippen molar-refractivity contribution in [2.24, 2.45) is 0 Å². The number of aryl methyl sites for hydroxylation is 2. The molecule has 3 rings (SSSR count). The van der Waals surface area contributed by atoms with Crippen molar-refractivity contribution < 1.29 is 9.52 Å². The molecule has 0 amide bonds. The Kier molecular flexibility index (Phi) is 4.83. The molecule has 0 spiro atoms. The number of nitrogens with zero attached hydrogens (tertiary/aromatic N) is 1. The van der Waals surface area contributed by atoms with Gasteiger partial charge in [0.15, 0.2) is 0 Å². The first kappa shape index (κ1) is 16.2. The van der Waals surface area contributed by atoms with Gasteiger partial charge in [-0.05, 0) is 62.4 Å². The van der Waals surface area contributed by atoms with E-state index in [4.69, 9.17) is 4.42 Å². The summed E-state index contributed by atoms with van der Waals surface area (Å²) in [7, 11) is 0. The van der Waals surface area contributed by atoms with Crippen LogP contribution in [0.4, 0.5) is 0 Å². The Morgan fingerprint density at radius 3 is 2.87 bits per heavy atom. The molecule has 0 bridgehead atoms. The lowest BCUT2D eigenvalue weighted by Gasteiger charge is -2.35. The fourth-order valence-electron chi connectivity index (χ4n) is 3.86. The van der Waals surface area contributed by atoms with Crippen LogP contribution >= 0.6 is 0 Å². The highest BCUT2D eigenvalue weighted by Crippen LogP contribution is 2.27. The van der Waals surface area contributed by atoms with Crippen molar-refractivity contribution in [2.45, 2.75) is 52.1 Å². The number of piperidine rings is 1. The average molecular weight is 315 g/mol. The largest absolute Gasteiger partial charge is 0.423 e. The molecule has 1 aliphatic rings. The van der Waals surface area contributed by atoms with Crippen molar-refractivity contribution in [2.75, 3.05) is 13.2 Å². The molecule has 1 fully saturated rings. The summed E-state index contributed by atoms with van der Waals surface area (Å²) < 4.78 is 5.41. The van der Waals surface area contributed by atoms with Gasteiger partial charge in [-0.25, -0.2) is 4.79 Å². The molecule has 1 aromatic heterocycles. The minimum Gasteiger partial charge on any atom is -0.423 e. The Morgan fingerprint density at radius 1 is 1.26 bits per heavy atom. The Balaban J connectivity index is 2.00. The molecule has 0 aliphatic carbocycles. The van der Waals surface area contributed by atoms with Gasteiger partial charge in [0.1, 0.15) is 5.58 Å². The molecule has 124 valence electrons. The van der Waals surface area contributed by atoms with Gasteiger partial charge in [0.05, 0.1) is 0 Å². The maximum atomic E-state index is 12.0. The summed E-state index contributed by atoms with van der Waals surface area (Å²) in [6, 6.07) is 6.11. The molecule has 2 aromatic rings. The quantitative estimate of drug-likeness (QED) is 0.881. The van der Waals surface area contributed by atoms with Gasteiger partial charge in [0.2, 0.25) is 0 Å². The first-order valence-electron chi connectivity index (χ1n) is 8.47. The fraction of sp³-hybridized carbons (Fsp3) is 0.526. The van der Waals surface area contributed by atoms with Gasteiger partial charge in [-0.1, -0.05) is 12.5 Å². The summed E-state index contributed by atoms with van der Waals surface area (Å²) in [5, 5.41) is 10.4. The van der Waals surface area contributed by atoms with Crippen LogP contribution < -0.4 is 5.63 Å². The van der Waals surface area contributed by atoms with Crippen LogP contribution in [0.1, 0.15) is 42.4 Å². The van der Waals surface area contributed by atoms with Gasteiger partial charge in [-0.2, -0.15) is 0 Å². The molecule has 1 aliphatic heterocycles. The highest BCUT2D eigenvalue weighted by molar-refractivity contribution is 5.84. The van der Waals surface area contributed by atoms with Gasteiger partial charge in [-0.15, -0.1) is 0 Å². The van der Waals surface area contributed by atoms with Gasteiger partial charge in [0, 0.05) is 30.6 Å². The van der Waals surface area contributed by atoms with Crippen LogP contribution in [-0.2, 0) is 6.54 Å². The van der Waals surface area contributed by atoms with Gasteiger partial charge < -0.3 is 9.52 Å². The minimum absolute atomic E-state index is 0.219. The third-order valence-electron chi connectivity index (χ3n) is 4.85. The van der Waals surface area contributed by atoms with Crippen LogP contribution in [-0.4, -0.2) is 29.2 Å². The second kappa shape index (κ2) is 6.85. The Hall–Kier alpha value is -1.65. The van der Waals surface area contributed by atoms with Crippen molar-refractivity contribution in [3.05, 3.63) is 45.3 Å². The molecular formula is C19H25NO3. The number of rotatable bonds is 4. The molecule has 1 N–H and O–H groups in total. The lowest BCUT2D eigenvalue weighted by atomic mass is 9.97. The molecule has 1 unspecified atom stereocenters. The van der Waals surface area contributed by atoms with Crippen LogP contribution in [0.5, 0.6) is 0 Å². The molecular weight excluding hydrogens is 290 g/mol. The van der Waals surface area contributed by atoms with E-state index in [9.17, 15) is 9.90 Å². The van der Waals surface area contributed by atoms with E-state index in [0.29, 0.717) is 11.6 Å². The monoisotopic (exact) mass is 315 g/mol. The maximum Gasteiger partial charge on any atom is 0.336 e. The number of hydrogen-bond donors (Lipinski definition) is 1. The summed E-state index contributed by atoms with van der Waals surface area (Å²) >= 11 is 0. The fourth-order valence-corrected chi connectivity index (χ4v) is 3.86. The van der Waals surface area contributed by atoms with E-state index in [-0.39, 0.29) is 12.2 Å². The maximum absolute atomic E-state index is 12.0. The van der Waals surface area contributed by atoms with Crippen LogP contribution in [0.2, 0.25) is 0 Å². The van der Waals surface area contributed by atoms with Crippen LogP contribution in [0.25, 0.3) is 11.0 Å². The average Bonchev–Trinajstić information content (AvgIpc) is 2.48. The molecule has 0 saturated carbocycles. The minimum atomic E-state index is -0.284. The SMILES string of the molecule is Cc1cc(C)c2c(CN3CCCCC3CCO)cc(=O)oc2c1. The predicted octanol–water partition coefficient (Wildman–Crippen LogP) is 3.15. The van der Waals surface area contributed by atoms with E-state index in [0.717, 1.165) is 48.0 Å². The van der Waals surface area contributed by atoms with Crippen molar-refractivity contribution >= 4 is 11.0 Å². The van der Waals surface area contributed by atoms with Gasteiger partial charge >= 0.3 is 5.63 Å². The normalized spacial score (nSPS) is 19.3. The first-order chi connectivity index (χ1) is 11.1. The smallest absolute Gasteiger partial charge is 0.336 e. The van der Waals surface area contributed by atoms with Crippen LogP contribution in [0, 0.1) is 13.8 Å². The standard InChI is InChI=1S/C19H25NO3/c1-13-9-14(2)19-15(11-18(22)23-17(19)10-13)12-20-7-4-3-5-16(20)6-8-21/h9-11,16,21H,3-8,12H2,1-2H3. The van der Waals surface area contributed by atoms with Crippen LogP contribution in [0.3, 0.4) is 0 Å². The summed E-state index contributed by atoms with van der Waals surface area (Å²) in [6.07, 6.45) is 4.33. The second-order valence-electron chi connectivity index (χ2n) is 6.68. The topological polar surface area (TPSA) is 53.7 Å². The van der Waals surface area contributed by atoms with E-state index in [2.05, 4.69) is 17.9 Å². The lowest BCUT2D eigenvalue weighted by Crippen LogP contribution is -2.39. The zero-order valence-corrected chi connectivity index (χ0v) is 14.0. The third-order valence-corrected chi connectivity index (χ3v) is 4.85. The molecule has 23 heavy (non-hydrogen) atoms. The van der Waals surface area contributed by atoms with E-state index in [1.165, 1.54) is 12.8 Å². The van der Waals surface area contributed by atoms with E-state index >= 15 is 0 Å². The zero-order chi connectivity index (χ0) is 16.4. The molecule has 0 radical (unpaired) electrons. The van der Waals surface area contributed by atoms with E-state index in [1.807, 2.05) is 13.0 Å². The Morgan fingerprint density at radius 2 is 2.09 bits per heavy atom. The van der Waals surface area contributed by atoms with E-state index < -0.39 is 0 Å². The number of aliphatic hydroxyl groups is 1. The Bertz CT molecular complexity index is 748. The highest BCUT2D eigenvalue weighted by atomic mass is 16.4. The highest BCUT2D eigenvalue weighted by Gasteiger charge is 2.23. The molecule has 1 atom stereocenters. The first-order valence-corrected chi connectivity index (χ1v) is 8.47. The van der Waals surface area contributed by atoms with Gasteiger partial charge in [-0.3, -0.25) is 4.90 Å². The van der Waals surface area contributed by atoms with Crippen molar-refractivity contribution in [3.63, 3.8) is 0 Å². The van der Waals surface area contributed by atoms with Crippen LogP contribution in [0.15, 0.2) is 27.4 Å². The molecule has 1 aromatic carbocycles. The second-order valence-corrected chi connectivity index (χ2v) is 6.68. The predicted molar refractivity (Wildman–Crippen MR) is 91.7 cm³/mol. The number of benzene rings is 1. The molecule has 1 saturated heterocycles. The summed E-state index contributed by atoms with van der Waals surface area (Å²) in [6.45, 7) is 6.08. The van der Waals surface area contributed by atoms with Crippen molar-refractivity contribution in [3.8, 4) is 0 Å². The summed E-state index contributed by atoms with van der Waals surface area (Å²) in [4.78, 5) is 14.4. The number of aliphatic hydroxyl groups excluding tert-OH is 1. The van der Waals surface area contributed by atoms with Gasteiger partial charge in [0.25, 0.3) is 0 Å².